The number of halogens is 1. The van der Waals surface area contributed by atoms with Crippen LogP contribution in [0.1, 0.15) is 25.1 Å². The minimum absolute atomic E-state index is 0.317. The van der Waals surface area contributed by atoms with Crippen LogP contribution in [-0.4, -0.2) is 41.9 Å². The van der Waals surface area contributed by atoms with Crippen molar-refractivity contribution in [2.24, 2.45) is 7.05 Å². The average Bonchev–Trinajstić information content (AvgIpc) is 2.53. The lowest BCUT2D eigenvalue weighted by Crippen LogP contribution is -2.33. The number of likely N-dealkylation sites (N-methyl/N-ethyl adjacent to an activating group) is 1. The summed E-state index contributed by atoms with van der Waals surface area (Å²) in [7, 11) is 6.16. The van der Waals surface area contributed by atoms with Crippen molar-refractivity contribution in [2.45, 2.75) is 19.4 Å². The fourth-order valence-corrected chi connectivity index (χ4v) is 2.37. The van der Waals surface area contributed by atoms with Crippen LogP contribution in [0.15, 0.2) is 10.7 Å². The molecule has 0 bridgehead atoms. The minimum atomic E-state index is 0.317. The Kier molecular flexibility index (Phi) is 5.44. The zero-order chi connectivity index (χ0) is 12.1. The third-order valence-electron chi connectivity index (χ3n) is 2.46. The minimum Gasteiger partial charge on any atom is -0.308 e. The van der Waals surface area contributed by atoms with Gasteiger partial charge in [-0.25, -0.2) is 0 Å². The van der Waals surface area contributed by atoms with E-state index in [9.17, 15) is 0 Å². The highest BCUT2D eigenvalue weighted by Gasteiger charge is 2.18. The van der Waals surface area contributed by atoms with Gasteiger partial charge in [0, 0.05) is 13.6 Å². The van der Waals surface area contributed by atoms with Gasteiger partial charge in [0.1, 0.15) is 0 Å². The summed E-state index contributed by atoms with van der Waals surface area (Å²) in [5.74, 6) is 0. The van der Waals surface area contributed by atoms with Gasteiger partial charge in [-0.15, -0.1) is 0 Å². The van der Waals surface area contributed by atoms with E-state index in [-0.39, 0.29) is 0 Å². The van der Waals surface area contributed by atoms with Crippen molar-refractivity contribution in [1.82, 2.24) is 20.0 Å². The molecule has 0 aliphatic heterocycles. The number of nitrogens with zero attached hydrogens (tertiary/aromatic N) is 3. The standard InChI is InChI=1S/C11H21BrN4/c1-5-6-13-10(8-15(2)3)11-9(12)7-14-16(11)4/h7,10,13H,5-6,8H2,1-4H3. The summed E-state index contributed by atoms with van der Waals surface area (Å²) in [4.78, 5) is 2.19. The Hall–Kier alpha value is -0.390. The molecule has 0 aromatic carbocycles. The molecule has 0 aliphatic rings. The van der Waals surface area contributed by atoms with Crippen molar-refractivity contribution in [3.63, 3.8) is 0 Å². The second kappa shape index (κ2) is 6.37. The van der Waals surface area contributed by atoms with Crippen molar-refractivity contribution < 1.29 is 0 Å². The maximum Gasteiger partial charge on any atom is 0.0705 e. The predicted octanol–water partition coefficient (Wildman–Crippen LogP) is 1.78. The van der Waals surface area contributed by atoms with Gasteiger partial charge in [0.05, 0.1) is 22.4 Å². The van der Waals surface area contributed by atoms with Crippen LogP contribution in [0, 0.1) is 0 Å². The van der Waals surface area contributed by atoms with Gasteiger partial charge in [-0.3, -0.25) is 4.68 Å². The second-order valence-corrected chi connectivity index (χ2v) is 5.12. The van der Waals surface area contributed by atoms with Crippen molar-refractivity contribution in [3.05, 3.63) is 16.4 Å². The second-order valence-electron chi connectivity index (χ2n) is 4.27. The summed E-state index contributed by atoms with van der Waals surface area (Å²) >= 11 is 3.56. The number of aromatic nitrogens is 2. The van der Waals surface area contributed by atoms with Gasteiger partial charge >= 0.3 is 0 Å². The first-order valence-corrected chi connectivity index (χ1v) is 6.41. The van der Waals surface area contributed by atoms with Crippen LogP contribution in [0.3, 0.4) is 0 Å². The molecule has 1 unspecified atom stereocenters. The number of hydrogen-bond acceptors (Lipinski definition) is 3. The van der Waals surface area contributed by atoms with Gasteiger partial charge in [-0.05, 0) is 43.0 Å². The molecule has 0 radical (unpaired) electrons. The zero-order valence-electron chi connectivity index (χ0n) is 10.5. The molecule has 0 aliphatic carbocycles. The number of nitrogens with one attached hydrogen (secondary N) is 1. The fraction of sp³-hybridized carbons (Fsp3) is 0.727. The van der Waals surface area contributed by atoms with E-state index in [0.717, 1.165) is 24.0 Å². The smallest absolute Gasteiger partial charge is 0.0705 e. The van der Waals surface area contributed by atoms with E-state index in [4.69, 9.17) is 0 Å². The predicted molar refractivity (Wildman–Crippen MR) is 70.5 cm³/mol. The van der Waals surface area contributed by atoms with Crippen LogP contribution < -0.4 is 5.32 Å². The highest BCUT2D eigenvalue weighted by Crippen LogP contribution is 2.22. The van der Waals surface area contributed by atoms with Crippen molar-refractivity contribution in [3.8, 4) is 0 Å². The molecule has 0 saturated heterocycles. The number of rotatable bonds is 6. The van der Waals surface area contributed by atoms with Crippen LogP contribution in [0.25, 0.3) is 0 Å². The molecule has 0 spiro atoms. The molecule has 4 nitrogen and oxygen atoms in total. The van der Waals surface area contributed by atoms with Crippen molar-refractivity contribution in [1.29, 1.82) is 0 Å². The van der Waals surface area contributed by atoms with E-state index in [2.05, 4.69) is 52.3 Å². The molecular formula is C11H21BrN4. The fourth-order valence-electron chi connectivity index (χ4n) is 1.74. The Morgan fingerprint density at radius 2 is 2.25 bits per heavy atom. The first-order valence-electron chi connectivity index (χ1n) is 5.61. The largest absolute Gasteiger partial charge is 0.308 e. The Labute approximate surface area is 106 Å². The maximum atomic E-state index is 4.26. The van der Waals surface area contributed by atoms with Gasteiger partial charge < -0.3 is 10.2 Å². The van der Waals surface area contributed by atoms with Gasteiger partial charge in [0.2, 0.25) is 0 Å². The lowest BCUT2D eigenvalue weighted by atomic mass is 10.2. The van der Waals surface area contributed by atoms with E-state index in [1.807, 2.05) is 17.9 Å². The molecule has 1 heterocycles. The molecule has 1 aromatic heterocycles. The van der Waals surface area contributed by atoms with Crippen LogP contribution in [0.4, 0.5) is 0 Å². The summed E-state index contributed by atoms with van der Waals surface area (Å²) in [5, 5.41) is 7.82. The van der Waals surface area contributed by atoms with Gasteiger partial charge in [-0.2, -0.15) is 5.10 Å². The normalized spacial score (nSPS) is 13.4. The highest BCUT2D eigenvalue weighted by atomic mass is 79.9. The molecule has 1 N–H and O–H groups in total. The van der Waals surface area contributed by atoms with Gasteiger partial charge in [0.15, 0.2) is 0 Å². The monoisotopic (exact) mass is 288 g/mol. The quantitative estimate of drug-likeness (QED) is 0.866. The lowest BCUT2D eigenvalue weighted by molar-refractivity contribution is 0.332. The van der Waals surface area contributed by atoms with Crippen molar-refractivity contribution >= 4 is 15.9 Å². The molecule has 1 rings (SSSR count). The summed E-state index contributed by atoms with van der Waals surface area (Å²) in [6.45, 7) is 4.17. The summed E-state index contributed by atoms with van der Waals surface area (Å²) in [6, 6.07) is 0.317. The molecular weight excluding hydrogens is 268 g/mol. The Morgan fingerprint density at radius 1 is 1.56 bits per heavy atom. The van der Waals surface area contributed by atoms with Crippen LogP contribution in [0.2, 0.25) is 0 Å². The van der Waals surface area contributed by atoms with E-state index in [1.165, 1.54) is 5.69 Å². The maximum absolute atomic E-state index is 4.26. The molecule has 1 atom stereocenters. The Bertz CT molecular complexity index is 302. The third kappa shape index (κ3) is 3.57. The van der Waals surface area contributed by atoms with E-state index >= 15 is 0 Å². The topological polar surface area (TPSA) is 33.1 Å². The Balaban J connectivity index is 2.82. The van der Waals surface area contributed by atoms with Gasteiger partial charge in [-0.1, -0.05) is 6.92 Å². The summed E-state index contributed by atoms with van der Waals surface area (Å²) in [6.07, 6.45) is 2.99. The number of hydrogen-bond donors (Lipinski definition) is 1. The molecule has 0 saturated carbocycles. The molecule has 1 aromatic rings. The average molecular weight is 289 g/mol. The summed E-state index contributed by atoms with van der Waals surface area (Å²) < 4.78 is 3.01. The first-order chi connectivity index (χ1) is 7.56. The molecule has 92 valence electrons. The number of aryl methyl sites for hydroxylation is 1. The highest BCUT2D eigenvalue weighted by molar-refractivity contribution is 9.10. The van der Waals surface area contributed by atoms with Crippen LogP contribution in [0.5, 0.6) is 0 Å². The lowest BCUT2D eigenvalue weighted by Gasteiger charge is -2.23. The zero-order valence-corrected chi connectivity index (χ0v) is 12.1. The van der Waals surface area contributed by atoms with E-state index in [0.29, 0.717) is 6.04 Å². The Morgan fingerprint density at radius 3 is 2.69 bits per heavy atom. The van der Waals surface area contributed by atoms with E-state index < -0.39 is 0 Å². The molecule has 16 heavy (non-hydrogen) atoms. The van der Waals surface area contributed by atoms with Gasteiger partial charge in [0.25, 0.3) is 0 Å². The van der Waals surface area contributed by atoms with Crippen LogP contribution >= 0.6 is 15.9 Å². The first kappa shape index (κ1) is 13.7. The van der Waals surface area contributed by atoms with Crippen LogP contribution in [-0.2, 0) is 7.05 Å². The van der Waals surface area contributed by atoms with E-state index in [1.54, 1.807) is 0 Å². The summed E-state index contributed by atoms with van der Waals surface area (Å²) in [5.41, 5.74) is 1.21. The SMILES string of the molecule is CCCNC(CN(C)C)c1c(Br)cnn1C. The molecule has 5 heteroatoms. The third-order valence-corrected chi connectivity index (χ3v) is 3.07. The molecule has 0 fully saturated rings. The van der Waals surface area contributed by atoms with Crippen molar-refractivity contribution in [2.75, 3.05) is 27.2 Å². The molecule has 0 amide bonds.